The number of aromatic nitrogens is 6. The minimum absolute atomic E-state index is 0.0870. The van der Waals surface area contributed by atoms with Crippen molar-refractivity contribution in [2.24, 2.45) is 7.05 Å². The fourth-order valence-electron chi connectivity index (χ4n) is 5.30. The Hall–Kier alpha value is -3.98. The summed E-state index contributed by atoms with van der Waals surface area (Å²) < 4.78 is 5.44. The summed E-state index contributed by atoms with van der Waals surface area (Å²) in [4.78, 5) is 13.1. The summed E-state index contributed by atoms with van der Waals surface area (Å²) in [5.41, 5.74) is 1.51. The molecule has 0 bridgehead atoms. The summed E-state index contributed by atoms with van der Waals surface area (Å²) in [5, 5.41) is 29.5. The van der Waals surface area contributed by atoms with Crippen molar-refractivity contribution in [3.8, 4) is 5.82 Å². The highest BCUT2D eigenvalue weighted by atomic mass is 16.3. The van der Waals surface area contributed by atoms with Gasteiger partial charge >= 0.3 is 0 Å². The van der Waals surface area contributed by atoms with Crippen molar-refractivity contribution in [3.05, 3.63) is 72.7 Å². The lowest BCUT2D eigenvalue weighted by molar-refractivity contribution is -0.0237. The molecule has 2 N–H and O–H groups in total. The van der Waals surface area contributed by atoms with E-state index >= 15 is 0 Å². The molecule has 0 unspecified atom stereocenters. The molecule has 1 fully saturated rings. The number of carbonyl (C=O) groups is 1. The van der Waals surface area contributed by atoms with Crippen LogP contribution in [0.2, 0.25) is 0 Å². The number of aryl methyl sites for hydroxylation is 1. The zero-order valence-corrected chi connectivity index (χ0v) is 19.5. The zero-order valence-electron chi connectivity index (χ0n) is 19.5. The van der Waals surface area contributed by atoms with Crippen LogP contribution in [0.5, 0.6) is 0 Å². The number of fused-ring (bicyclic) bond motifs is 2. The second-order valence-electron chi connectivity index (χ2n) is 9.49. The van der Waals surface area contributed by atoms with Crippen molar-refractivity contribution in [1.29, 1.82) is 0 Å². The Bertz CT molecular complexity index is 1520. The van der Waals surface area contributed by atoms with E-state index in [0.717, 1.165) is 40.5 Å². The standard InChI is InChI=1S/C26H27N7O2/c1-31-25(21-7-2-3-8-22(21)30-31)33-23-10-9-18(14-19(23)16-28-33)24(34)29-20-6-4-11-26(35,15-20)17-32-13-5-12-27-32/h2-3,5,7-10,12-14,16,20,35H,4,6,11,15,17H2,1H3,(H,29,34)/t20-,26+/m1/s1. The number of hydrogen-bond donors (Lipinski definition) is 2. The first-order chi connectivity index (χ1) is 17.0. The molecule has 2 atom stereocenters. The highest BCUT2D eigenvalue weighted by Crippen LogP contribution is 2.30. The number of aliphatic hydroxyl groups is 1. The van der Waals surface area contributed by atoms with Gasteiger partial charge in [0, 0.05) is 41.8 Å². The molecule has 0 aliphatic heterocycles. The van der Waals surface area contributed by atoms with Gasteiger partial charge in [-0.05, 0) is 62.1 Å². The zero-order chi connectivity index (χ0) is 24.0. The third kappa shape index (κ3) is 3.97. The highest BCUT2D eigenvalue weighted by molar-refractivity contribution is 5.98. The fraction of sp³-hybridized carbons (Fsp3) is 0.308. The molecular weight excluding hydrogens is 442 g/mol. The molecule has 3 heterocycles. The number of amides is 1. The average Bonchev–Trinajstić information content (AvgIpc) is 3.56. The van der Waals surface area contributed by atoms with Crippen molar-refractivity contribution < 1.29 is 9.90 Å². The fourth-order valence-corrected chi connectivity index (χ4v) is 5.30. The quantitative estimate of drug-likeness (QED) is 0.412. The van der Waals surface area contributed by atoms with E-state index in [2.05, 4.69) is 20.6 Å². The predicted molar refractivity (Wildman–Crippen MR) is 132 cm³/mol. The number of rotatable bonds is 5. The summed E-state index contributed by atoms with van der Waals surface area (Å²) in [5.74, 6) is 0.741. The van der Waals surface area contributed by atoms with Gasteiger partial charge in [-0.2, -0.15) is 15.3 Å². The largest absolute Gasteiger partial charge is 0.388 e. The molecular formula is C26H27N7O2. The molecule has 9 nitrogen and oxygen atoms in total. The lowest BCUT2D eigenvalue weighted by Gasteiger charge is -2.37. The summed E-state index contributed by atoms with van der Waals surface area (Å²) in [6.45, 7) is 0.431. The summed E-state index contributed by atoms with van der Waals surface area (Å²) >= 11 is 0. The number of benzene rings is 2. The molecule has 0 radical (unpaired) electrons. The van der Waals surface area contributed by atoms with Crippen LogP contribution in [0.1, 0.15) is 36.0 Å². The molecule has 6 rings (SSSR count). The van der Waals surface area contributed by atoms with Crippen molar-refractivity contribution in [3.63, 3.8) is 0 Å². The van der Waals surface area contributed by atoms with Gasteiger partial charge in [0.2, 0.25) is 0 Å². The molecule has 0 saturated heterocycles. The molecule has 1 aliphatic rings. The van der Waals surface area contributed by atoms with Crippen LogP contribution in [0.25, 0.3) is 27.6 Å². The van der Waals surface area contributed by atoms with Crippen molar-refractivity contribution >= 4 is 27.7 Å². The van der Waals surface area contributed by atoms with Crippen LogP contribution in [-0.4, -0.2) is 52.0 Å². The van der Waals surface area contributed by atoms with E-state index in [0.29, 0.717) is 24.9 Å². The van der Waals surface area contributed by atoms with Gasteiger partial charge in [-0.25, -0.2) is 9.36 Å². The molecule has 9 heteroatoms. The van der Waals surface area contributed by atoms with E-state index in [1.54, 1.807) is 17.1 Å². The van der Waals surface area contributed by atoms with Crippen LogP contribution in [0.3, 0.4) is 0 Å². The number of carbonyl (C=O) groups excluding carboxylic acids is 1. The minimum atomic E-state index is -0.876. The smallest absolute Gasteiger partial charge is 0.251 e. The molecule has 35 heavy (non-hydrogen) atoms. The first-order valence-electron chi connectivity index (χ1n) is 11.9. The van der Waals surface area contributed by atoms with E-state index in [-0.39, 0.29) is 11.9 Å². The van der Waals surface area contributed by atoms with Gasteiger partial charge in [0.25, 0.3) is 5.91 Å². The molecule has 2 aromatic carbocycles. The van der Waals surface area contributed by atoms with Crippen LogP contribution in [0.4, 0.5) is 0 Å². The third-order valence-corrected chi connectivity index (χ3v) is 6.91. The van der Waals surface area contributed by atoms with Gasteiger partial charge in [-0.3, -0.25) is 9.48 Å². The van der Waals surface area contributed by atoms with Crippen molar-refractivity contribution in [2.75, 3.05) is 0 Å². The number of nitrogens with zero attached hydrogens (tertiary/aromatic N) is 6. The Morgan fingerprint density at radius 3 is 2.94 bits per heavy atom. The lowest BCUT2D eigenvalue weighted by atomic mass is 9.81. The van der Waals surface area contributed by atoms with E-state index in [4.69, 9.17) is 0 Å². The lowest BCUT2D eigenvalue weighted by Crippen LogP contribution is -2.47. The number of nitrogens with one attached hydrogen (secondary N) is 1. The first-order valence-corrected chi connectivity index (χ1v) is 11.9. The minimum Gasteiger partial charge on any atom is -0.388 e. The van der Waals surface area contributed by atoms with Crippen molar-refractivity contribution in [2.45, 2.75) is 43.9 Å². The maximum absolute atomic E-state index is 13.1. The molecule has 1 aliphatic carbocycles. The molecule has 5 aromatic rings. The van der Waals surface area contributed by atoms with Crippen LogP contribution >= 0.6 is 0 Å². The summed E-state index contributed by atoms with van der Waals surface area (Å²) in [7, 11) is 1.91. The van der Waals surface area contributed by atoms with Gasteiger partial charge in [-0.1, -0.05) is 12.1 Å². The summed E-state index contributed by atoms with van der Waals surface area (Å²) in [6, 6.07) is 15.3. The van der Waals surface area contributed by atoms with Gasteiger partial charge in [0.15, 0.2) is 5.82 Å². The first kappa shape index (κ1) is 21.5. The van der Waals surface area contributed by atoms with Gasteiger partial charge in [-0.15, -0.1) is 0 Å². The second kappa shape index (κ2) is 8.35. The van der Waals surface area contributed by atoms with Gasteiger partial charge in [0.1, 0.15) is 0 Å². The van der Waals surface area contributed by atoms with Crippen LogP contribution in [-0.2, 0) is 13.6 Å². The van der Waals surface area contributed by atoms with E-state index in [1.165, 1.54) is 0 Å². The Morgan fingerprint density at radius 1 is 1.20 bits per heavy atom. The molecule has 3 aromatic heterocycles. The molecule has 1 amide bonds. The Morgan fingerprint density at radius 2 is 2.09 bits per heavy atom. The number of hydrogen-bond acceptors (Lipinski definition) is 5. The maximum atomic E-state index is 13.1. The van der Waals surface area contributed by atoms with E-state index in [1.807, 2.05) is 71.1 Å². The van der Waals surface area contributed by atoms with Crippen LogP contribution in [0.15, 0.2) is 67.1 Å². The maximum Gasteiger partial charge on any atom is 0.251 e. The Labute approximate surface area is 202 Å². The van der Waals surface area contributed by atoms with E-state index < -0.39 is 5.60 Å². The third-order valence-electron chi connectivity index (χ3n) is 6.91. The Kier molecular flexibility index (Phi) is 5.14. The second-order valence-corrected chi connectivity index (χ2v) is 9.49. The predicted octanol–water partition coefficient (Wildman–Crippen LogP) is 3.21. The molecule has 1 saturated carbocycles. The van der Waals surface area contributed by atoms with Crippen molar-refractivity contribution in [1.82, 2.24) is 34.7 Å². The highest BCUT2D eigenvalue weighted by Gasteiger charge is 2.35. The molecule has 178 valence electrons. The monoisotopic (exact) mass is 469 g/mol. The Balaban J connectivity index is 1.22. The van der Waals surface area contributed by atoms with Gasteiger partial charge in [0.05, 0.1) is 29.4 Å². The SMILES string of the molecule is Cn1nc2ccccc2c1-n1ncc2cc(C(=O)N[C@@H]3CCC[C@@](O)(Cn4cccn4)C3)ccc21. The average molecular weight is 470 g/mol. The normalized spacial score (nSPS) is 20.5. The topological polar surface area (TPSA) is 103 Å². The summed E-state index contributed by atoms with van der Waals surface area (Å²) in [6.07, 6.45) is 8.25. The van der Waals surface area contributed by atoms with Crippen LogP contribution < -0.4 is 5.32 Å². The van der Waals surface area contributed by atoms with E-state index in [9.17, 15) is 9.90 Å². The van der Waals surface area contributed by atoms with Crippen LogP contribution in [0, 0.1) is 0 Å². The van der Waals surface area contributed by atoms with Gasteiger partial charge < -0.3 is 10.4 Å². The molecule has 0 spiro atoms.